The maximum atomic E-state index is 12.5. The average Bonchev–Trinajstić information content (AvgIpc) is 3.11. The first-order chi connectivity index (χ1) is 12.0. The summed E-state index contributed by atoms with van der Waals surface area (Å²) >= 11 is 0. The molecule has 0 spiro atoms. The number of sulfonamides is 1. The SMILES string of the molecule is NCc1cc(C(=O)N2CCN(S(=O)(=O)Cc3ccccc3)CC2)co1. The van der Waals surface area contributed by atoms with Crippen LogP contribution < -0.4 is 5.73 Å². The number of benzene rings is 1. The molecule has 0 bridgehead atoms. The standard InChI is InChI=1S/C17H21N3O4S/c18-11-16-10-15(12-24-16)17(21)19-6-8-20(9-7-19)25(22,23)13-14-4-2-1-3-5-14/h1-5,10,12H,6-9,11,13,18H2. The normalized spacial score (nSPS) is 16.1. The van der Waals surface area contributed by atoms with Crippen molar-refractivity contribution in [1.29, 1.82) is 0 Å². The van der Waals surface area contributed by atoms with Crippen LogP contribution in [-0.2, 0) is 22.3 Å². The highest BCUT2D eigenvalue weighted by Crippen LogP contribution is 2.16. The third kappa shape index (κ3) is 4.09. The molecule has 1 amide bonds. The number of furan rings is 1. The van der Waals surface area contributed by atoms with Gasteiger partial charge in [-0.25, -0.2) is 8.42 Å². The van der Waals surface area contributed by atoms with E-state index in [-0.39, 0.29) is 18.2 Å². The Labute approximate surface area is 147 Å². The van der Waals surface area contributed by atoms with Gasteiger partial charge in [-0.1, -0.05) is 30.3 Å². The number of carbonyl (C=O) groups excluding carboxylic acids is 1. The smallest absolute Gasteiger partial charge is 0.257 e. The molecule has 1 aromatic heterocycles. The molecule has 0 saturated carbocycles. The molecule has 2 heterocycles. The molecule has 0 radical (unpaired) electrons. The second-order valence-corrected chi connectivity index (χ2v) is 7.91. The molecule has 3 rings (SSSR count). The van der Waals surface area contributed by atoms with Crippen LogP contribution in [-0.4, -0.2) is 49.7 Å². The van der Waals surface area contributed by atoms with Gasteiger partial charge in [-0.15, -0.1) is 0 Å². The lowest BCUT2D eigenvalue weighted by molar-refractivity contribution is 0.0697. The lowest BCUT2D eigenvalue weighted by Gasteiger charge is -2.33. The molecule has 25 heavy (non-hydrogen) atoms. The van der Waals surface area contributed by atoms with Crippen LogP contribution in [0.5, 0.6) is 0 Å². The Balaban J connectivity index is 1.60. The summed E-state index contributed by atoms with van der Waals surface area (Å²) in [5.74, 6) is 0.361. The molecule has 8 heteroatoms. The fourth-order valence-corrected chi connectivity index (χ4v) is 4.34. The summed E-state index contributed by atoms with van der Waals surface area (Å²) in [6.45, 7) is 1.54. The lowest BCUT2D eigenvalue weighted by Crippen LogP contribution is -2.50. The number of hydrogen-bond donors (Lipinski definition) is 1. The topological polar surface area (TPSA) is 96.9 Å². The summed E-state index contributed by atoms with van der Waals surface area (Å²) in [6.07, 6.45) is 1.39. The van der Waals surface area contributed by atoms with Crippen LogP contribution in [0.4, 0.5) is 0 Å². The Morgan fingerprint density at radius 2 is 1.80 bits per heavy atom. The monoisotopic (exact) mass is 363 g/mol. The minimum absolute atomic E-state index is 0.0244. The zero-order chi connectivity index (χ0) is 17.9. The Morgan fingerprint density at radius 3 is 2.40 bits per heavy atom. The van der Waals surface area contributed by atoms with E-state index in [1.54, 1.807) is 23.1 Å². The van der Waals surface area contributed by atoms with Gasteiger partial charge in [-0.2, -0.15) is 4.31 Å². The lowest BCUT2D eigenvalue weighted by atomic mass is 10.2. The van der Waals surface area contributed by atoms with Crippen molar-refractivity contribution in [3.05, 3.63) is 59.5 Å². The maximum absolute atomic E-state index is 12.5. The largest absolute Gasteiger partial charge is 0.467 e. The molecule has 1 aliphatic rings. The Morgan fingerprint density at radius 1 is 1.12 bits per heavy atom. The van der Waals surface area contributed by atoms with Crippen molar-refractivity contribution in [2.75, 3.05) is 26.2 Å². The molecule has 7 nitrogen and oxygen atoms in total. The van der Waals surface area contributed by atoms with E-state index >= 15 is 0 Å². The zero-order valence-corrected chi connectivity index (χ0v) is 14.6. The van der Waals surface area contributed by atoms with Crippen molar-refractivity contribution in [3.63, 3.8) is 0 Å². The molecule has 1 aromatic carbocycles. The highest BCUT2D eigenvalue weighted by molar-refractivity contribution is 7.88. The number of rotatable bonds is 5. The zero-order valence-electron chi connectivity index (χ0n) is 13.8. The van der Waals surface area contributed by atoms with Crippen molar-refractivity contribution in [1.82, 2.24) is 9.21 Å². The van der Waals surface area contributed by atoms with E-state index in [1.165, 1.54) is 10.6 Å². The van der Waals surface area contributed by atoms with Crippen molar-refractivity contribution < 1.29 is 17.6 Å². The minimum Gasteiger partial charge on any atom is -0.467 e. The van der Waals surface area contributed by atoms with E-state index in [2.05, 4.69) is 0 Å². The van der Waals surface area contributed by atoms with Crippen molar-refractivity contribution >= 4 is 15.9 Å². The van der Waals surface area contributed by atoms with Crippen molar-refractivity contribution in [2.24, 2.45) is 5.73 Å². The van der Waals surface area contributed by atoms with Gasteiger partial charge in [0.25, 0.3) is 5.91 Å². The third-order valence-electron chi connectivity index (χ3n) is 4.21. The minimum atomic E-state index is -3.39. The van der Waals surface area contributed by atoms with Gasteiger partial charge in [-0.3, -0.25) is 4.79 Å². The molecule has 1 fully saturated rings. The predicted octanol–water partition coefficient (Wildman–Crippen LogP) is 1.03. The molecule has 0 unspecified atom stereocenters. The summed E-state index contributed by atoms with van der Waals surface area (Å²) in [6, 6.07) is 10.7. The fraction of sp³-hybridized carbons (Fsp3) is 0.353. The number of nitrogens with two attached hydrogens (primary N) is 1. The Bertz CT molecular complexity index is 825. The van der Waals surface area contributed by atoms with Crippen LogP contribution in [0.2, 0.25) is 0 Å². The summed E-state index contributed by atoms with van der Waals surface area (Å²) in [7, 11) is -3.39. The van der Waals surface area contributed by atoms with E-state index in [0.717, 1.165) is 5.56 Å². The summed E-state index contributed by atoms with van der Waals surface area (Å²) < 4.78 is 31.7. The first kappa shape index (κ1) is 17.7. The van der Waals surface area contributed by atoms with Gasteiger partial charge in [-0.05, 0) is 11.6 Å². The Kier molecular flexibility index (Phi) is 5.22. The van der Waals surface area contributed by atoms with Gasteiger partial charge < -0.3 is 15.1 Å². The van der Waals surface area contributed by atoms with E-state index in [0.29, 0.717) is 37.5 Å². The van der Waals surface area contributed by atoms with Gasteiger partial charge in [0.1, 0.15) is 12.0 Å². The number of nitrogens with zero attached hydrogens (tertiary/aromatic N) is 2. The molecule has 2 N–H and O–H groups in total. The van der Waals surface area contributed by atoms with Gasteiger partial charge in [0.15, 0.2) is 0 Å². The molecule has 0 atom stereocenters. The van der Waals surface area contributed by atoms with Crippen LogP contribution in [0, 0.1) is 0 Å². The highest BCUT2D eigenvalue weighted by Gasteiger charge is 2.29. The Hall–Kier alpha value is -2.16. The van der Waals surface area contributed by atoms with Crippen LogP contribution in [0.1, 0.15) is 21.7 Å². The quantitative estimate of drug-likeness (QED) is 0.856. The van der Waals surface area contributed by atoms with E-state index in [1.807, 2.05) is 18.2 Å². The maximum Gasteiger partial charge on any atom is 0.257 e. The number of carbonyl (C=O) groups is 1. The fourth-order valence-electron chi connectivity index (χ4n) is 2.83. The van der Waals surface area contributed by atoms with Gasteiger partial charge in [0.2, 0.25) is 10.0 Å². The second-order valence-electron chi connectivity index (χ2n) is 5.94. The highest BCUT2D eigenvalue weighted by atomic mass is 32.2. The number of piperazine rings is 1. The van der Waals surface area contributed by atoms with Crippen LogP contribution in [0.25, 0.3) is 0 Å². The molecule has 134 valence electrons. The summed E-state index contributed by atoms with van der Waals surface area (Å²) in [5, 5.41) is 0. The molecule has 2 aromatic rings. The van der Waals surface area contributed by atoms with Gasteiger partial charge in [0.05, 0.1) is 17.9 Å². The van der Waals surface area contributed by atoms with Crippen LogP contribution in [0.3, 0.4) is 0 Å². The van der Waals surface area contributed by atoms with Crippen molar-refractivity contribution in [3.8, 4) is 0 Å². The first-order valence-electron chi connectivity index (χ1n) is 8.08. The summed E-state index contributed by atoms with van der Waals surface area (Å²) in [4.78, 5) is 14.1. The van der Waals surface area contributed by atoms with Crippen molar-refractivity contribution in [2.45, 2.75) is 12.3 Å². The van der Waals surface area contributed by atoms with Crippen LogP contribution >= 0.6 is 0 Å². The second kappa shape index (κ2) is 7.38. The molecule has 1 aliphatic heterocycles. The van der Waals surface area contributed by atoms with E-state index in [4.69, 9.17) is 10.2 Å². The average molecular weight is 363 g/mol. The molecule has 0 aliphatic carbocycles. The molecule has 1 saturated heterocycles. The number of amides is 1. The predicted molar refractivity (Wildman–Crippen MR) is 93.1 cm³/mol. The molecular weight excluding hydrogens is 342 g/mol. The van der Waals surface area contributed by atoms with Crippen LogP contribution in [0.15, 0.2) is 47.1 Å². The van der Waals surface area contributed by atoms with E-state index < -0.39 is 10.0 Å². The number of hydrogen-bond acceptors (Lipinski definition) is 5. The first-order valence-corrected chi connectivity index (χ1v) is 9.69. The van der Waals surface area contributed by atoms with Gasteiger partial charge in [0, 0.05) is 26.2 Å². The van der Waals surface area contributed by atoms with Gasteiger partial charge >= 0.3 is 0 Å². The molecular formula is C17H21N3O4S. The summed E-state index contributed by atoms with van der Waals surface area (Å²) in [5.41, 5.74) is 6.68. The van der Waals surface area contributed by atoms with E-state index in [9.17, 15) is 13.2 Å². The third-order valence-corrected chi connectivity index (χ3v) is 6.06.